The standard InChI is InChI=1S/C21H40O3/c1-6-7-8-9-17-11-13-18(14-12-17)19(22)15-10-16(2)20(23)24-21(3,4)5/h16-19,22H,6-15H2,1-5H3/t16?,17-,18-,19?. The molecule has 0 saturated heterocycles. The zero-order chi connectivity index (χ0) is 18.2. The SMILES string of the molecule is CCCCC[C@H]1CC[C@H](C(O)CCC(C)C(=O)OC(C)(C)C)CC1. The van der Waals surface area contributed by atoms with Crippen LogP contribution in [0.4, 0.5) is 0 Å². The van der Waals surface area contributed by atoms with E-state index in [1.807, 2.05) is 27.7 Å². The molecule has 0 aromatic heterocycles. The molecular formula is C21H40O3. The molecule has 1 saturated carbocycles. The monoisotopic (exact) mass is 340 g/mol. The van der Waals surface area contributed by atoms with Crippen LogP contribution >= 0.6 is 0 Å². The molecule has 1 rings (SSSR count). The molecule has 2 atom stereocenters. The number of ether oxygens (including phenoxy) is 1. The average molecular weight is 341 g/mol. The van der Waals surface area contributed by atoms with Crippen LogP contribution in [0.25, 0.3) is 0 Å². The van der Waals surface area contributed by atoms with Crippen molar-refractivity contribution in [3.05, 3.63) is 0 Å². The Morgan fingerprint density at radius 1 is 1.12 bits per heavy atom. The third-order valence-corrected chi connectivity index (χ3v) is 5.36. The van der Waals surface area contributed by atoms with Gasteiger partial charge in [0.05, 0.1) is 12.0 Å². The van der Waals surface area contributed by atoms with Gasteiger partial charge in [-0.1, -0.05) is 52.4 Å². The first-order valence-electron chi connectivity index (χ1n) is 10.1. The van der Waals surface area contributed by atoms with E-state index in [2.05, 4.69) is 6.92 Å². The van der Waals surface area contributed by atoms with Gasteiger partial charge in [-0.25, -0.2) is 0 Å². The van der Waals surface area contributed by atoms with Gasteiger partial charge in [0.25, 0.3) is 0 Å². The van der Waals surface area contributed by atoms with E-state index >= 15 is 0 Å². The minimum absolute atomic E-state index is 0.135. The van der Waals surface area contributed by atoms with Crippen LogP contribution < -0.4 is 0 Å². The highest BCUT2D eigenvalue weighted by Gasteiger charge is 2.28. The lowest BCUT2D eigenvalue weighted by molar-refractivity contribution is -0.159. The minimum atomic E-state index is -0.430. The highest BCUT2D eigenvalue weighted by molar-refractivity contribution is 5.72. The van der Waals surface area contributed by atoms with Crippen LogP contribution in [-0.4, -0.2) is 22.8 Å². The maximum Gasteiger partial charge on any atom is 0.309 e. The van der Waals surface area contributed by atoms with Crippen molar-refractivity contribution >= 4 is 5.97 Å². The first-order valence-corrected chi connectivity index (χ1v) is 10.1. The zero-order valence-electron chi connectivity index (χ0n) is 16.6. The molecule has 2 unspecified atom stereocenters. The van der Waals surface area contributed by atoms with E-state index in [0.29, 0.717) is 18.8 Å². The van der Waals surface area contributed by atoms with E-state index in [9.17, 15) is 9.90 Å². The second-order valence-corrected chi connectivity index (χ2v) is 8.86. The van der Waals surface area contributed by atoms with Crippen molar-refractivity contribution in [3.63, 3.8) is 0 Å². The summed E-state index contributed by atoms with van der Waals surface area (Å²) in [6, 6.07) is 0. The van der Waals surface area contributed by atoms with Crippen molar-refractivity contribution in [1.29, 1.82) is 0 Å². The summed E-state index contributed by atoms with van der Waals surface area (Å²) in [5.41, 5.74) is -0.430. The summed E-state index contributed by atoms with van der Waals surface area (Å²) in [7, 11) is 0. The van der Waals surface area contributed by atoms with E-state index in [1.165, 1.54) is 38.5 Å². The third-order valence-electron chi connectivity index (χ3n) is 5.36. The Bertz CT molecular complexity index is 351. The highest BCUT2D eigenvalue weighted by Crippen LogP contribution is 2.35. The Kier molecular flexibility index (Phi) is 9.33. The average Bonchev–Trinajstić information content (AvgIpc) is 2.51. The molecule has 0 aliphatic heterocycles. The van der Waals surface area contributed by atoms with E-state index in [1.54, 1.807) is 0 Å². The normalized spacial score (nSPS) is 24.4. The number of carbonyl (C=O) groups excluding carboxylic acids is 1. The lowest BCUT2D eigenvalue weighted by Gasteiger charge is -2.32. The van der Waals surface area contributed by atoms with Gasteiger partial charge in [0.2, 0.25) is 0 Å². The van der Waals surface area contributed by atoms with Gasteiger partial charge in [0.15, 0.2) is 0 Å². The van der Waals surface area contributed by atoms with E-state index in [-0.39, 0.29) is 18.0 Å². The Morgan fingerprint density at radius 2 is 1.75 bits per heavy atom. The zero-order valence-corrected chi connectivity index (χ0v) is 16.6. The lowest BCUT2D eigenvalue weighted by Crippen LogP contribution is -2.29. The molecule has 0 radical (unpaired) electrons. The molecule has 1 N–H and O–H groups in total. The topological polar surface area (TPSA) is 46.5 Å². The maximum absolute atomic E-state index is 12.0. The first-order chi connectivity index (χ1) is 11.2. The second kappa shape index (κ2) is 10.4. The van der Waals surface area contributed by atoms with Gasteiger partial charge < -0.3 is 9.84 Å². The third kappa shape index (κ3) is 8.50. The summed E-state index contributed by atoms with van der Waals surface area (Å²) in [6.45, 7) is 9.85. The van der Waals surface area contributed by atoms with Crippen LogP contribution in [-0.2, 0) is 9.53 Å². The van der Waals surface area contributed by atoms with Crippen LogP contribution in [0.3, 0.4) is 0 Å². The number of aliphatic hydroxyl groups excluding tert-OH is 1. The molecule has 1 aliphatic carbocycles. The smallest absolute Gasteiger partial charge is 0.309 e. The number of unbranched alkanes of at least 4 members (excludes halogenated alkanes) is 2. The fraction of sp³-hybridized carbons (Fsp3) is 0.952. The summed E-state index contributed by atoms with van der Waals surface area (Å²) in [5.74, 6) is 1.03. The highest BCUT2D eigenvalue weighted by atomic mass is 16.6. The lowest BCUT2D eigenvalue weighted by atomic mass is 9.76. The number of carbonyl (C=O) groups is 1. The maximum atomic E-state index is 12.0. The van der Waals surface area contributed by atoms with Crippen molar-refractivity contribution in [2.45, 2.75) is 111 Å². The molecular weight excluding hydrogens is 300 g/mol. The van der Waals surface area contributed by atoms with Crippen molar-refractivity contribution in [2.75, 3.05) is 0 Å². The number of aliphatic hydroxyl groups is 1. The predicted molar refractivity (Wildman–Crippen MR) is 99.8 cm³/mol. The minimum Gasteiger partial charge on any atom is -0.460 e. The van der Waals surface area contributed by atoms with Crippen molar-refractivity contribution < 1.29 is 14.6 Å². The Hall–Kier alpha value is -0.570. The van der Waals surface area contributed by atoms with E-state index < -0.39 is 5.60 Å². The summed E-state index contributed by atoms with van der Waals surface area (Å²) in [4.78, 5) is 12.0. The van der Waals surface area contributed by atoms with Crippen molar-refractivity contribution in [3.8, 4) is 0 Å². The molecule has 0 spiro atoms. The van der Waals surface area contributed by atoms with Gasteiger partial charge in [-0.05, 0) is 58.3 Å². The number of hydrogen-bond donors (Lipinski definition) is 1. The molecule has 0 aromatic rings. The second-order valence-electron chi connectivity index (χ2n) is 8.86. The Morgan fingerprint density at radius 3 is 2.29 bits per heavy atom. The van der Waals surface area contributed by atoms with Gasteiger partial charge in [-0.3, -0.25) is 4.79 Å². The van der Waals surface area contributed by atoms with Gasteiger partial charge in [-0.15, -0.1) is 0 Å². The molecule has 142 valence electrons. The number of hydrogen-bond acceptors (Lipinski definition) is 3. The number of esters is 1. The molecule has 24 heavy (non-hydrogen) atoms. The van der Waals surface area contributed by atoms with Crippen LogP contribution in [0.2, 0.25) is 0 Å². The molecule has 0 aromatic carbocycles. The molecule has 1 aliphatic rings. The van der Waals surface area contributed by atoms with Crippen LogP contribution in [0.1, 0.15) is 98.8 Å². The van der Waals surface area contributed by atoms with Gasteiger partial charge in [0.1, 0.15) is 5.60 Å². The summed E-state index contributed by atoms with van der Waals surface area (Å²) in [6.07, 6.45) is 11.4. The van der Waals surface area contributed by atoms with Crippen LogP contribution in [0.15, 0.2) is 0 Å². The predicted octanol–water partition coefficient (Wildman–Crippen LogP) is 5.49. The Labute approximate surface area is 149 Å². The number of rotatable bonds is 9. The quantitative estimate of drug-likeness (QED) is 0.446. The van der Waals surface area contributed by atoms with E-state index in [0.717, 1.165) is 18.8 Å². The molecule has 0 amide bonds. The molecule has 1 fully saturated rings. The molecule has 0 bridgehead atoms. The van der Waals surface area contributed by atoms with Crippen molar-refractivity contribution in [1.82, 2.24) is 0 Å². The van der Waals surface area contributed by atoms with Crippen LogP contribution in [0, 0.1) is 17.8 Å². The van der Waals surface area contributed by atoms with Gasteiger partial charge in [-0.2, -0.15) is 0 Å². The van der Waals surface area contributed by atoms with Gasteiger partial charge in [0, 0.05) is 0 Å². The fourth-order valence-corrected chi connectivity index (χ4v) is 3.72. The molecule has 3 nitrogen and oxygen atoms in total. The molecule has 3 heteroatoms. The summed E-state index contributed by atoms with van der Waals surface area (Å²) >= 11 is 0. The first kappa shape index (κ1) is 21.5. The van der Waals surface area contributed by atoms with Gasteiger partial charge >= 0.3 is 5.97 Å². The largest absolute Gasteiger partial charge is 0.460 e. The Balaban J connectivity index is 2.24. The summed E-state index contributed by atoms with van der Waals surface area (Å²) in [5, 5.41) is 10.5. The fourth-order valence-electron chi connectivity index (χ4n) is 3.72. The molecule has 0 heterocycles. The van der Waals surface area contributed by atoms with Crippen molar-refractivity contribution in [2.24, 2.45) is 17.8 Å². The summed E-state index contributed by atoms with van der Waals surface area (Å²) < 4.78 is 5.42. The van der Waals surface area contributed by atoms with E-state index in [4.69, 9.17) is 4.74 Å². The van der Waals surface area contributed by atoms with Crippen LogP contribution in [0.5, 0.6) is 0 Å².